The van der Waals surface area contributed by atoms with Crippen molar-refractivity contribution in [3.05, 3.63) is 26.7 Å². The minimum atomic E-state index is -3.74. The first-order chi connectivity index (χ1) is 8.09. The van der Waals surface area contributed by atoms with Crippen LogP contribution >= 0.6 is 39.1 Å². The predicted molar refractivity (Wildman–Crippen MR) is 78.9 cm³/mol. The molecule has 7 heteroatoms. The molecular weight excluding hydrogens is 361 g/mol. The summed E-state index contributed by atoms with van der Waals surface area (Å²) < 4.78 is 27.7. The molecule has 0 heterocycles. The van der Waals surface area contributed by atoms with Crippen LogP contribution < -0.4 is 4.72 Å². The lowest BCUT2D eigenvalue weighted by Gasteiger charge is -2.24. The molecule has 102 valence electrons. The van der Waals surface area contributed by atoms with E-state index in [4.69, 9.17) is 23.2 Å². The van der Waals surface area contributed by atoms with E-state index in [-0.39, 0.29) is 14.9 Å². The minimum Gasteiger partial charge on any atom is -0.207 e. The van der Waals surface area contributed by atoms with Gasteiger partial charge in [0.15, 0.2) is 0 Å². The molecule has 0 aliphatic carbocycles. The van der Waals surface area contributed by atoms with E-state index in [0.29, 0.717) is 10.9 Å². The second kappa shape index (κ2) is 5.67. The molecule has 1 aromatic carbocycles. The molecule has 3 nitrogen and oxygen atoms in total. The van der Waals surface area contributed by atoms with Crippen molar-refractivity contribution in [1.82, 2.24) is 4.72 Å². The normalized spacial score (nSPS) is 12.8. The van der Waals surface area contributed by atoms with Gasteiger partial charge >= 0.3 is 0 Å². The third-order valence-electron chi connectivity index (χ3n) is 2.53. The molecule has 0 spiro atoms. The quantitative estimate of drug-likeness (QED) is 0.857. The second-order valence-corrected chi connectivity index (χ2v) is 7.89. The van der Waals surface area contributed by atoms with Gasteiger partial charge in [-0.05, 0) is 32.4 Å². The fourth-order valence-corrected chi connectivity index (χ4v) is 4.70. The van der Waals surface area contributed by atoms with Crippen molar-refractivity contribution in [2.45, 2.75) is 37.6 Å². The van der Waals surface area contributed by atoms with Crippen LogP contribution in [0.25, 0.3) is 0 Å². The van der Waals surface area contributed by atoms with Gasteiger partial charge in [-0.15, -0.1) is 0 Å². The molecule has 0 fully saturated rings. The van der Waals surface area contributed by atoms with Gasteiger partial charge in [-0.2, -0.15) is 0 Å². The van der Waals surface area contributed by atoms with E-state index < -0.39 is 15.6 Å². The van der Waals surface area contributed by atoms with Crippen LogP contribution in [-0.4, -0.2) is 14.0 Å². The zero-order valence-electron chi connectivity index (χ0n) is 10.2. The van der Waals surface area contributed by atoms with Crippen LogP contribution in [0.2, 0.25) is 10.0 Å². The Balaban J connectivity index is 3.30. The zero-order chi connectivity index (χ0) is 14.1. The summed E-state index contributed by atoms with van der Waals surface area (Å²) in [7, 11) is -3.74. The Morgan fingerprint density at radius 3 is 2.11 bits per heavy atom. The Hall–Kier alpha value is 0.190. The molecule has 1 rings (SSSR count). The van der Waals surface area contributed by atoms with E-state index in [2.05, 4.69) is 20.7 Å². The highest BCUT2D eigenvalue weighted by atomic mass is 79.9. The Bertz CT molecular complexity index is 535. The molecule has 0 aliphatic rings. The van der Waals surface area contributed by atoms with Crippen molar-refractivity contribution in [2.75, 3.05) is 0 Å². The molecule has 0 atom stereocenters. The van der Waals surface area contributed by atoms with Crippen molar-refractivity contribution in [3.63, 3.8) is 0 Å². The number of benzene rings is 1. The van der Waals surface area contributed by atoms with Crippen LogP contribution in [0.3, 0.4) is 0 Å². The predicted octanol–water partition coefficient (Wildman–Crippen LogP) is 4.22. The van der Waals surface area contributed by atoms with E-state index in [9.17, 15) is 8.42 Å². The van der Waals surface area contributed by atoms with Gasteiger partial charge in [0.2, 0.25) is 10.0 Å². The Morgan fingerprint density at radius 2 is 1.72 bits per heavy atom. The van der Waals surface area contributed by atoms with Gasteiger partial charge in [-0.25, -0.2) is 13.1 Å². The highest BCUT2D eigenvalue weighted by Gasteiger charge is 2.28. The van der Waals surface area contributed by atoms with Gasteiger partial charge in [0.25, 0.3) is 0 Å². The fourth-order valence-electron chi connectivity index (χ4n) is 1.27. The molecule has 0 amide bonds. The first-order valence-corrected chi connectivity index (χ1v) is 8.31. The van der Waals surface area contributed by atoms with E-state index in [1.807, 2.05) is 6.92 Å². The van der Waals surface area contributed by atoms with E-state index >= 15 is 0 Å². The van der Waals surface area contributed by atoms with Gasteiger partial charge in [0.05, 0.1) is 10.0 Å². The number of rotatable bonds is 4. The average molecular weight is 375 g/mol. The van der Waals surface area contributed by atoms with Crippen molar-refractivity contribution in [2.24, 2.45) is 0 Å². The average Bonchev–Trinajstić information content (AvgIpc) is 2.13. The van der Waals surface area contributed by atoms with Gasteiger partial charge < -0.3 is 0 Å². The van der Waals surface area contributed by atoms with Gasteiger partial charge in [0, 0.05) is 10.0 Å². The lowest BCUT2D eigenvalue weighted by molar-refractivity contribution is 0.439. The zero-order valence-corrected chi connectivity index (χ0v) is 14.1. The molecule has 1 aromatic rings. The molecule has 0 bridgehead atoms. The van der Waals surface area contributed by atoms with Crippen LogP contribution in [0.4, 0.5) is 0 Å². The summed E-state index contributed by atoms with van der Waals surface area (Å²) in [4.78, 5) is -0.0874. The van der Waals surface area contributed by atoms with Gasteiger partial charge in [-0.3, -0.25) is 0 Å². The topological polar surface area (TPSA) is 46.2 Å². The van der Waals surface area contributed by atoms with Gasteiger partial charge in [0.1, 0.15) is 4.90 Å². The standard InChI is InChI=1S/C11H14BrCl2NO2S/c1-4-11(2,3)15-18(16,17)10-8(13)5-7(12)6-9(10)14/h5-6,15H,4H2,1-3H3. The third kappa shape index (κ3) is 3.84. The third-order valence-corrected chi connectivity index (χ3v) is 5.60. The van der Waals surface area contributed by atoms with Crippen LogP contribution in [0.5, 0.6) is 0 Å². The first kappa shape index (κ1) is 16.2. The summed E-state index contributed by atoms with van der Waals surface area (Å²) >= 11 is 15.1. The van der Waals surface area contributed by atoms with Crippen LogP contribution in [0.15, 0.2) is 21.5 Å². The van der Waals surface area contributed by atoms with Gasteiger partial charge in [-0.1, -0.05) is 46.1 Å². The molecule has 0 aliphatic heterocycles. The highest BCUT2D eigenvalue weighted by Crippen LogP contribution is 2.33. The SMILES string of the molecule is CCC(C)(C)NS(=O)(=O)c1c(Cl)cc(Br)cc1Cl. The maximum absolute atomic E-state index is 12.3. The van der Waals surface area contributed by atoms with E-state index in [1.54, 1.807) is 13.8 Å². The first-order valence-electron chi connectivity index (χ1n) is 5.27. The van der Waals surface area contributed by atoms with Crippen molar-refractivity contribution in [3.8, 4) is 0 Å². The van der Waals surface area contributed by atoms with Crippen molar-refractivity contribution < 1.29 is 8.42 Å². The van der Waals surface area contributed by atoms with E-state index in [1.165, 1.54) is 12.1 Å². The smallest absolute Gasteiger partial charge is 0.207 e. The molecule has 0 radical (unpaired) electrons. The highest BCUT2D eigenvalue weighted by molar-refractivity contribution is 9.10. The summed E-state index contributed by atoms with van der Waals surface area (Å²) in [6.45, 7) is 5.49. The summed E-state index contributed by atoms with van der Waals surface area (Å²) in [5.74, 6) is 0. The van der Waals surface area contributed by atoms with Crippen LogP contribution in [-0.2, 0) is 10.0 Å². The minimum absolute atomic E-state index is 0.0874. The summed E-state index contributed by atoms with van der Waals surface area (Å²) in [6, 6.07) is 3.00. The maximum atomic E-state index is 12.3. The van der Waals surface area contributed by atoms with Crippen LogP contribution in [0, 0.1) is 0 Å². The Labute approximate surface area is 126 Å². The molecule has 0 saturated heterocycles. The largest absolute Gasteiger partial charge is 0.244 e. The number of hydrogen-bond donors (Lipinski definition) is 1. The lowest BCUT2D eigenvalue weighted by Crippen LogP contribution is -2.42. The van der Waals surface area contributed by atoms with Crippen molar-refractivity contribution >= 4 is 49.2 Å². The monoisotopic (exact) mass is 373 g/mol. The number of halogens is 3. The number of hydrogen-bond acceptors (Lipinski definition) is 2. The van der Waals surface area contributed by atoms with Crippen molar-refractivity contribution in [1.29, 1.82) is 0 Å². The van der Waals surface area contributed by atoms with Crippen LogP contribution in [0.1, 0.15) is 27.2 Å². The summed E-state index contributed by atoms with van der Waals surface area (Å²) in [6.07, 6.45) is 0.651. The molecular formula is C11H14BrCl2NO2S. The molecule has 0 saturated carbocycles. The molecule has 18 heavy (non-hydrogen) atoms. The Morgan fingerprint density at radius 1 is 1.28 bits per heavy atom. The lowest BCUT2D eigenvalue weighted by atomic mass is 10.0. The van der Waals surface area contributed by atoms with E-state index in [0.717, 1.165) is 0 Å². The molecule has 0 aromatic heterocycles. The summed E-state index contributed by atoms with van der Waals surface area (Å²) in [5.41, 5.74) is -0.557. The molecule has 0 unspecified atom stereocenters. The fraction of sp³-hybridized carbons (Fsp3) is 0.455. The number of sulfonamides is 1. The Kier molecular flexibility index (Phi) is 5.12. The summed E-state index contributed by atoms with van der Waals surface area (Å²) in [5, 5.41) is 0.183. The maximum Gasteiger partial charge on any atom is 0.244 e. The number of nitrogens with one attached hydrogen (secondary N) is 1. The molecule has 1 N–H and O–H groups in total. The second-order valence-electron chi connectivity index (χ2n) is 4.54.